The van der Waals surface area contributed by atoms with E-state index >= 15 is 0 Å². The van der Waals surface area contributed by atoms with E-state index in [1.807, 2.05) is 13.0 Å². The van der Waals surface area contributed by atoms with Crippen molar-refractivity contribution in [2.24, 2.45) is 0 Å². The van der Waals surface area contributed by atoms with Gasteiger partial charge in [0.1, 0.15) is 10.6 Å². The lowest BCUT2D eigenvalue weighted by atomic mass is 9.89. The van der Waals surface area contributed by atoms with Crippen LogP contribution in [0.25, 0.3) is 0 Å². The van der Waals surface area contributed by atoms with Crippen LogP contribution in [0.3, 0.4) is 0 Å². The molecule has 8 nitrogen and oxygen atoms in total. The first-order valence-corrected chi connectivity index (χ1v) is 13.5. The number of methoxy groups -OCH3 is 1. The molecule has 1 atom stereocenters. The van der Waals surface area contributed by atoms with Gasteiger partial charge in [-0.1, -0.05) is 18.2 Å². The van der Waals surface area contributed by atoms with Crippen molar-refractivity contribution < 1.29 is 27.5 Å². The van der Waals surface area contributed by atoms with Crippen LogP contribution in [0.1, 0.15) is 65.7 Å². The van der Waals surface area contributed by atoms with Crippen LogP contribution >= 0.6 is 0 Å². The minimum atomic E-state index is -3.80. The number of aryl methyl sites for hydroxylation is 2. The molecule has 0 radical (unpaired) electrons. The number of hydrogen-bond donors (Lipinski definition) is 1. The van der Waals surface area contributed by atoms with Crippen molar-refractivity contribution in [1.29, 1.82) is 0 Å². The van der Waals surface area contributed by atoms with Crippen molar-refractivity contribution in [3.8, 4) is 5.75 Å². The molecule has 0 unspecified atom stereocenters. The Morgan fingerprint density at radius 1 is 1.00 bits per heavy atom. The van der Waals surface area contributed by atoms with Gasteiger partial charge in [0.15, 0.2) is 6.61 Å². The molecule has 1 amide bonds. The summed E-state index contributed by atoms with van der Waals surface area (Å²) in [7, 11) is -2.42. The van der Waals surface area contributed by atoms with E-state index in [0.717, 1.165) is 31.2 Å². The van der Waals surface area contributed by atoms with E-state index in [2.05, 4.69) is 17.4 Å². The summed E-state index contributed by atoms with van der Waals surface area (Å²) in [4.78, 5) is 25.0. The average molecular weight is 501 g/mol. The third-order valence-corrected chi connectivity index (χ3v) is 8.59. The molecule has 0 aromatic heterocycles. The highest BCUT2D eigenvalue weighted by Crippen LogP contribution is 2.30. The number of carbonyl (C=O) groups is 2. The van der Waals surface area contributed by atoms with E-state index < -0.39 is 28.5 Å². The molecule has 1 fully saturated rings. The van der Waals surface area contributed by atoms with Crippen LogP contribution in [0.2, 0.25) is 0 Å². The number of amides is 1. The molecule has 1 saturated heterocycles. The van der Waals surface area contributed by atoms with E-state index in [9.17, 15) is 18.0 Å². The largest absolute Gasteiger partial charge is 0.495 e. The molecule has 35 heavy (non-hydrogen) atoms. The predicted molar refractivity (Wildman–Crippen MR) is 131 cm³/mol. The Bertz CT molecular complexity index is 1200. The molecule has 4 rings (SSSR count). The summed E-state index contributed by atoms with van der Waals surface area (Å²) in [6.45, 7) is 2.29. The Morgan fingerprint density at radius 2 is 1.71 bits per heavy atom. The average Bonchev–Trinajstić information content (AvgIpc) is 3.42. The van der Waals surface area contributed by atoms with Crippen molar-refractivity contribution in [3.63, 3.8) is 0 Å². The molecular weight excluding hydrogens is 468 g/mol. The summed E-state index contributed by atoms with van der Waals surface area (Å²) in [6.07, 6.45) is 6.13. The van der Waals surface area contributed by atoms with Gasteiger partial charge in [-0.25, -0.2) is 13.2 Å². The molecule has 1 N–H and O–H groups in total. The van der Waals surface area contributed by atoms with Crippen LogP contribution in [0.5, 0.6) is 5.75 Å². The minimum Gasteiger partial charge on any atom is -0.495 e. The molecule has 0 spiro atoms. The topological polar surface area (TPSA) is 102 Å². The molecule has 188 valence electrons. The highest BCUT2D eigenvalue weighted by atomic mass is 32.2. The van der Waals surface area contributed by atoms with Crippen LogP contribution in [-0.2, 0) is 32.4 Å². The summed E-state index contributed by atoms with van der Waals surface area (Å²) in [5.41, 5.74) is 3.76. The molecule has 0 bridgehead atoms. The lowest BCUT2D eigenvalue weighted by Crippen LogP contribution is -2.31. The zero-order chi connectivity index (χ0) is 25.0. The number of sulfonamides is 1. The number of nitrogens with zero attached hydrogens (tertiary/aromatic N) is 1. The molecule has 1 aliphatic heterocycles. The molecule has 1 heterocycles. The lowest BCUT2D eigenvalue weighted by Gasteiger charge is -2.20. The quantitative estimate of drug-likeness (QED) is 0.558. The monoisotopic (exact) mass is 500 g/mol. The van der Waals surface area contributed by atoms with Gasteiger partial charge in [0, 0.05) is 13.1 Å². The highest BCUT2D eigenvalue weighted by molar-refractivity contribution is 7.89. The van der Waals surface area contributed by atoms with Gasteiger partial charge in [-0.2, -0.15) is 4.31 Å². The van der Waals surface area contributed by atoms with Crippen LogP contribution in [0, 0.1) is 0 Å². The zero-order valence-electron chi connectivity index (χ0n) is 20.2. The second-order valence-electron chi connectivity index (χ2n) is 9.08. The summed E-state index contributed by atoms with van der Waals surface area (Å²) in [5, 5.41) is 2.86. The zero-order valence-corrected chi connectivity index (χ0v) is 21.0. The molecule has 9 heteroatoms. The van der Waals surface area contributed by atoms with Gasteiger partial charge in [-0.3, -0.25) is 4.79 Å². The maximum atomic E-state index is 13.0. The summed E-state index contributed by atoms with van der Waals surface area (Å²) in [6, 6.07) is 10.2. The van der Waals surface area contributed by atoms with Gasteiger partial charge in [-0.15, -0.1) is 0 Å². The highest BCUT2D eigenvalue weighted by Gasteiger charge is 2.31. The molecular formula is C26H32N2O6S. The minimum absolute atomic E-state index is 0.0408. The maximum absolute atomic E-state index is 13.0. The number of carbonyl (C=O) groups excluding carboxylic acids is 2. The fourth-order valence-electron chi connectivity index (χ4n) is 4.68. The van der Waals surface area contributed by atoms with Crippen LogP contribution < -0.4 is 10.1 Å². The Labute approximate surface area is 206 Å². The Balaban J connectivity index is 1.38. The fraction of sp³-hybridized carbons (Fsp3) is 0.462. The van der Waals surface area contributed by atoms with Gasteiger partial charge >= 0.3 is 5.97 Å². The molecule has 2 aliphatic rings. The Hall–Kier alpha value is -2.91. The normalized spacial score (nSPS) is 16.9. The standard InChI is InChI=1S/C26H32N2O6S/c1-18(20-10-9-19-7-3-4-8-21(19)15-20)27-25(29)17-34-26(30)22-11-12-23(33-2)24(16-22)35(31,32)28-13-5-6-14-28/h9-12,15-16,18H,3-8,13-14,17H2,1-2H3,(H,27,29)/t18-/m0/s1. The van der Waals surface area contributed by atoms with Gasteiger partial charge < -0.3 is 14.8 Å². The third-order valence-electron chi connectivity index (χ3n) is 6.67. The molecule has 2 aromatic rings. The summed E-state index contributed by atoms with van der Waals surface area (Å²) < 4.78 is 37.9. The van der Waals surface area contributed by atoms with E-state index in [4.69, 9.17) is 9.47 Å². The smallest absolute Gasteiger partial charge is 0.338 e. The fourth-order valence-corrected chi connectivity index (χ4v) is 6.38. The number of benzene rings is 2. The van der Waals surface area contributed by atoms with Gasteiger partial charge in [0.25, 0.3) is 5.91 Å². The van der Waals surface area contributed by atoms with Crippen molar-refractivity contribution in [3.05, 3.63) is 58.7 Å². The molecule has 0 saturated carbocycles. The van der Waals surface area contributed by atoms with Gasteiger partial charge in [0.2, 0.25) is 10.0 Å². The number of rotatable bonds is 8. The summed E-state index contributed by atoms with van der Waals surface area (Å²) >= 11 is 0. The van der Waals surface area contributed by atoms with Gasteiger partial charge in [0.05, 0.1) is 18.7 Å². The van der Waals surface area contributed by atoms with Crippen molar-refractivity contribution >= 4 is 21.9 Å². The first kappa shape index (κ1) is 25.2. The maximum Gasteiger partial charge on any atom is 0.338 e. The van der Waals surface area contributed by atoms with Crippen LogP contribution in [0.4, 0.5) is 0 Å². The SMILES string of the molecule is COc1ccc(C(=O)OCC(=O)N[C@@H](C)c2ccc3c(c2)CCCC3)cc1S(=O)(=O)N1CCCC1. The summed E-state index contributed by atoms with van der Waals surface area (Å²) in [5.74, 6) is -1.05. The van der Waals surface area contributed by atoms with Crippen LogP contribution in [-0.4, -0.2) is 51.4 Å². The number of esters is 1. The molecule has 1 aliphatic carbocycles. The van der Waals surface area contributed by atoms with Crippen molar-refractivity contribution in [1.82, 2.24) is 9.62 Å². The van der Waals surface area contributed by atoms with E-state index in [-0.39, 0.29) is 22.3 Å². The Kier molecular flexibility index (Phi) is 7.76. The van der Waals surface area contributed by atoms with Crippen molar-refractivity contribution in [2.75, 3.05) is 26.8 Å². The Morgan fingerprint density at radius 3 is 2.43 bits per heavy atom. The second-order valence-corrected chi connectivity index (χ2v) is 11.0. The molecule has 2 aromatic carbocycles. The number of ether oxygens (including phenoxy) is 2. The van der Waals surface area contributed by atoms with Crippen molar-refractivity contribution in [2.45, 2.75) is 56.4 Å². The van der Waals surface area contributed by atoms with E-state index in [0.29, 0.717) is 13.1 Å². The number of fused-ring (bicyclic) bond motifs is 1. The van der Waals surface area contributed by atoms with E-state index in [1.54, 1.807) is 0 Å². The first-order valence-electron chi connectivity index (χ1n) is 12.1. The third kappa shape index (κ3) is 5.67. The van der Waals surface area contributed by atoms with Crippen LogP contribution in [0.15, 0.2) is 41.3 Å². The second kappa shape index (κ2) is 10.8. The van der Waals surface area contributed by atoms with Gasteiger partial charge in [-0.05, 0) is 80.3 Å². The first-order chi connectivity index (χ1) is 16.8. The predicted octanol–water partition coefficient (Wildman–Crippen LogP) is 3.39. The number of nitrogens with one attached hydrogen (secondary N) is 1. The van der Waals surface area contributed by atoms with E-state index in [1.165, 1.54) is 53.6 Å². The lowest BCUT2D eigenvalue weighted by molar-refractivity contribution is -0.124. The number of hydrogen-bond acceptors (Lipinski definition) is 6.